The maximum atomic E-state index is 6.01. The van der Waals surface area contributed by atoms with Crippen LogP contribution in [0.25, 0.3) is 0 Å². The highest BCUT2D eigenvalue weighted by atomic mass is 16.9. The molecule has 0 bridgehead atoms. The van der Waals surface area contributed by atoms with E-state index in [1.54, 1.807) is 12.2 Å². The summed E-state index contributed by atoms with van der Waals surface area (Å²) in [5, 5.41) is 1.73. The minimum Gasteiger partial charge on any atom is -0.369 e. The van der Waals surface area contributed by atoms with Gasteiger partial charge in [-0.05, 0) is 20.8 Å². The van der Waals surface area contributed by atoms with Gasteiger partial charge in [-0.2, -0.15) is 14.5 Å². The van der Waals surface area contributed by atoms with Crippen LogP contribution in [0.4, 0.5) is 0 Å². The lowest BCUT2D eigenvalue weighted by Gasteiger charge is -2.55. The summed E-state index contributed by atoms with van der Waals surface area (Å²) in [6.45, 7) is 7.96. The summed E-state index contributed by atoms with van der Waals surface area (Å²) in [6.07, 6.45) is -0.0873. The first-order valence-electron chi connectivity index (χ1n) is 5.57. The molecule has 1 saturated heterocycles. The Kier molecular flexibility index (Phi) is 3.40. The van der Waals surface area contributed by atoms with Crippen molar-refractivity contribution in [1.29, 1.82) is 0 Å². The minimum absolute atomic E-state index is 0.0873. The summed E-state index contributed by atoms with van der Waals surface area (Å²) in [4.78, 5) is 12.0. The second-order valence-electron chi connectivity index (χ2n) is 5.39. The fraction of sp³-hybridized carbons (Fsp3) is 1.00. The average Bonchev–Trinajstić information content (AvgIpc) is 2.14. The number of hydroxylamine groups is 5. The quantitative estimate of drug-likeness (QED) is 0.674. The topological polar surface area (TPSA) is 30.9 Å². The Morgan fingerprint density at radius 3 is 2.31 bits per heavy atom. The van der Waals surface area contributed by atoms with Gasteiger partial charge in [0.2, 0.25) is 0 Å². The molecule has 1 aliphatic heterocycles. The standard InChI is InChI=1S/C11H25N2O3/c1-9-12(5)16-11(4,10(2,3)14-8)13(6,7)15-9/h9H,1-8H3/q+1. The van der Waals surface area contributed by atoms with Crippen molar-refractivity contribution in [3.63, 3.8) is 0 Å². The van der Waals surface area contributed by atoms with Gasteiger partial charge in [-0.3, -0.25) is 0 Å². The first kappa shape index (κ1) is 13.9. The Bertz CT molecular complexity index is 268. The fourth-order valence-corrected chi connectivity index (χ4v) is 1.95. The lowest BCUT2D eigenvalue weighted by atomic mass is 9.94. The van der Waals surface area contributed by atoms with E-state index in [1.807, 2.05) is 48.8 Å². The van der Waals surface area contributed by atoms with E-state index in [9.17, 15) is 0 Å². The molecule has 1 rings (SSSR count). The van der Waals surface area contributed by atoms with E-state index in [0.29, 0.717) is 4.65 Å². The zero-order chi connectivity index (χ0) is 12.8. The van der Waals surface area contributed by atoms with Crippen molar-refractivity contribution in [3.05, 3.63) is 0 Å². The zero-order valence-electron chi connectivity index (χ0n) is 11.7. The first-order valence-corrected chi connectivity index (χ1v) is 5.57. The van der Waals surface area contributed by atoms with Gasteiger partial charge < -0.3 is 4.74 Å². The Morgan fingerprint density at radius 2 is 1.88 bits per heavy atom. The van der Waals surface area contributed by atoms with Crippen molar-refractivity contribution in [2.24, 2.45) is 0 Å². The van der Waals surface area contributed by atoms with Crippen LogP contribution in [-0.2, 0) is 14.4 Å². The number of hydrogen-bond donors (Lipinski definition) is 0. The summed E-state index contributed by atoms with van der Waals surface area (Å²) < 4.78 is 5.84. The fourth-order valence-electron chi connectivity index (χ4n) is 1.95. The lowest BCUT2D eigenvalue weighted by Crippen LogP contribution is -2.75. The molecule has 2 unspecified atom stereocenters. The molecule has 2 atom stereocenters. The molecule has 0 spiro atoms. The minimum atomic E-state index is -0.608. The largest absolute Gasteiger partial charge is 0.369 e. The van der Waals surface area contributed by atoms with E-state index >= 15 is 0 Å². The van der Waals surface area contributed by atoms with Crippen LogP contribution in [0.15, 0.2) is 0 Å². The molecule has 5 heteroatoms. The molecule has 1 fully saturated rings. The third kappa shape index (κ3) is 1.87. The summed E-state index contributed by atoms with van der Waals surface area (Å²) in [5.74, 6) is 0. The van der Waals surface area contributed by atoms with Crippen LogP contribution in [0.1, 0.15) is 27.7 Å². The second-order valence-corrected chi connectivity index (χ2v) is 5.39. The molecule has 16 heavy (non-hydrogen) atoms. The monoisotopic (exact) mass is 233 g/mol. The van der Waals surface area contributed by atoms with Crippen molar-refractivity contribution in [1.82, 2.24) is 5.06 Å². The van der Waals surface area contributed by atoms with Crippen LogP contribution in [0.5, 0.6) is 0 Å². The van der Waals surface area contributed by atoms with E-state index in [1.165, 1.54) is 0 Å². The van der Waals surface area contributed by atoms with E-state index in [0.717, 1.165) is 0 Å². The lowest BCUT2D eigenvalue weighted by molar-refractivity contribution is -1.16. The van der Waals surface area contributed by atoms with Gasteiger partial charge >= 0.3 is 0 Å². The molecule has 1 aliphatic rings. The van der Waals surface area contributed by atoms with Crippen LogP contribution >= 0.6 is 0 Å². The normalized spacial score (nSPS) is 36.4. The van der Waals surface area contributed by atoms with Crippen molar-refractivity contribution in [3.8, 4) is 0 Å². The summed E-state index contributed by atoms with van der Waals surface area (Å²) in [5.41, 5.74) is -1.08. The van der Waals surface area contributed by atoms with Crippen LogP contribution < -0.4 is 0 Å². The molecule has 96 valence electrons. The molecular formula is C11H25N2O3+. The molecule has 0 aromatic carbocycles. The molecule has 0 aromatic rings. The number of ether oxygens (including phenoxy) is 1. The Morgan fingerprint density at radius 1 is 1.38 bits per heavy atom. The van der Waals surface area contributed by atoms with Gasteiger partial charge in [0.25, 0.3) is 5.72 Å². The summed E-state index contributed by atoms with van der Waals surface area (Å²) in [7, 11) is 7.51. The summed E-state index contributed by atoms with van der Waals surface area (Å²) >= 11 is 0. The van der Waals surface area contributed by atoms with Gasteiger partial charge in [0.1, 0.15) is 19.7 Å². The molecule has 1 heterocycles. The van der Waals surface area contributed by atoms with Gasteiger partial charge in [-0.25, -0.2) is 4.84 Å². The predicted molar refractivity (Wildman–Crippen MR) is 61.0 cm³/mol. The van der Waals surface area contributed by atoms with E-state index in [-0.39, 0.29) is 6.23 Å². The van der Waals surface area contributed by atoms with Crippen molar-refractivity contribution in [2.75, 3.05) is 28.3 Å². The average molecular weight is 233 g/mol. The maximum absolute atomic E-state index is 6.01. The Labute approximate surface area is 98.4 Å². The SMILES string of the molecule is COC(C)(C)C1(C)ON(C)C(C)O[N+]1(C)C. The maximum Gasteiger partial charge on any atom is 0.275 e. The number of likely N-dealkylation sites (N-methyl/N-ethyl adjacent to an activating group) is 1. The molecule has 0 radical (unpaired) electrons. The van der Waals surface area contributed by atoms with Gasteiger partial charge in [0.05, 0.1) is 0 Å². The second kappa shape index (κ2) is 3.92. The zero-order valence-corrected chi connectivity index (χ0v) is 11.7. The van der Waals surface area contributed by atoms with Gasteiger partial charge in [-0.1, -0.05) is 0 Å². The van der Waals surface area contributed by atoms with Crippen LogP contribution in [-0.4, -0.2) is 55.5 Å². The third-order valence-electron chi connectivity index (χ3n) is 3.90. The highest BCUT2D eigenvalue weighted by molar-refractivity contribution is 4.85. The van der Waals surface area contributed by atoms with Gasteiger partial charge in [-0.15, -0.1) is 0 Å². The number of methoxy groups -OCH3 is 1. The highest BCUT2D eigenvalue weighted by Gasteiger charge is 2.61. The Hall–Kier alpha value is -0.200. The predicted octanol–water partition coefficient (Wildman–Crippen LogP) is 1.36. The number of hydrogen-bond acceptors (Lipinski definition) is 4. The highest BCUT2D eigenvalue weighted by Crippen LogP contribution is 2.40. The summed E-state index contributed by atoms with van der Waals surface area (Å²) in [6, 6.07) is 0. The van der Waals surface area contributed by atoms with Gasteiger partial charge in [0.15, 0.2) is 6.23 Å². The van der Waals surface area contributed by atoms with Crippen molar-refractivity contribution >= 4 is 0 Å². The Balaban J connectivity index is 3.10. The molecule has 5 nitrogen and oxygen atoms in total. The van der Waals surface area contributed by atoms with Crippen LogP contribution in [0, 0.1) is 0 Å². The van der Waals surface area contributed by atoms with Crippen LogP contribution in [0.3, 0.4) is 0 Å². The number of rotatable bonds is 2. The van der Waals surface area contributed by atoms with E-state index in [4.69, 9.17) is 14.4 Å². The van der Waals surface area contributed by atoms with Crippen molar-refractivity contribution < 1.29 is 19.1 Å². The van der Waals surface area contributed by atoms with Gasteiger partial charge in [0, 0.05) is 21.1 Å². The van der Waals surface area contributed by atoms with Crippen molar-refractivity contribution in [2.45, 2.75) is 45.2 Å². The molecule has 0 N–H and O–H groups in total. The third-order valence-corrected chi connectivity index (χ3v) is 3.90. The first-order chi connectivity index (χ1) is 7.07. The van der Waals surface area contributed by atoms with E-state index < -0.39 is 11.3 Å². The molecular weight excluding hydrogens is 208 g/mol. The number of quaternary nitrogens is 1. The molecule has 0 saturated carbocycles. The smallest absolute Gasteiger partial charge is 0.275 e. The molecule has 0 amide bonds. The number of nitrogens with zero attached hydrogens (tertiary/aromatic N) is 2. The van der Waals surface area contributed by atoms with Crippen LogP contribution in [0.2, 0.25) is 0 Å². The van der Waals surface area contributed by atoms with E-state index in [2.05, 4.69) is 0 Å². The molecule has 0 aliphatic carbocycles. The molecule has 0 aromatic heterocycles.